The highest BCUT2D eigenvalue weighted by atomic mass is 32.1. The molecule has 3 fully saturated rings. The number of nitrogens with zero attached hydrogens (tertiary/aromatic N) is 6. The van der Waals surface area contributed by atoms with Crippen molar-refractivity contribution in [3.05, 3.63) is 125 Å². The number of anilines is 2. The van der Waals surface area contributed by atoms with Gasteiger partial charge in [-0.05, 0) is 129 Å². The van der Waals surface area contributed by atoms with E-state index in [4.69, 9.17) is 38.5 Å². The van der Waals surface area contributed by atoms with E-state index in [9.17, 15) is 59.1 Å². The van der Waals surface area contributed by atoms with Gasteiger partial charge in [-0.2, -0.15) is 5.10 Å². The van der Waals surface area contributed by atoms with Gasteiger partial charge >= 0.3 is 18.0 Å². The van der Waals surface area contributed by atoms with Gasteiger partial charge in [0.05, 0.1) is 41.8 Å². The molecule has 27 nitrogen and oxygen atoms in total. The Morgan fingerprint density at radius 1 is 0.856 bits per heavy atom. The average molecular weight is 1360 g/mol. The number of fused-ring (bicyclic) bond motifs is 4. The first-order valence-electron chi connectivity index (χ1n) is 32.3. The van der Waals surface area contributed by atoms with Crippen LogP contribution >= 0.6 is 11.3 Å². The number of carbonyl (C=O) groups is 7. The van der Waals surface area contributed by atoms with Crippen molar-refractivity contribution in [2.75, 3.05) is 62.8 Å². The molecule has 29 heteroatoms. The van der Waals surface area contributed by atoms with Crippen LogP contribution in [0.3, 0.4) is 0 Å². The standard InChI is InChI=1S/C68H78FN9O18S/c1-4-20-66(3)35-67(38-78-39(2)45(32-72-78)43-13-15-51(74-55(43)61(86)87)76-25-18-42-46(33-76)44(12-14-47(42)69)60(85)75-64-73-48-8-5-6-9-50(48)97-64)21-7-22-68(36-66,37-67)94-28-24-71-65(90)93-34-40-10-11-41(95-63-58(84)56(82)57(83)59(96-63)62(88)89)31-49(40)92-30-29-91-27-23-70-52(79)19-26-77-53(80)16-17-54(77)81/h5-6,8-17,31-32,56-59,63,82-84H,4,7,18-30,33-38H2,1-3H3,(H,70,79)(H,71,90)(H,86,87)(H,88,89)(H,73,75,85)/t56-,57-,58+,59-,63+,66?,67?,68?/m0/s1. The number of carbonyl (C=O) groups excluding carboxylic acids is 5. The fourth-order valence-corrected chi connectivity index (χ4v) is 15.3. The maximum Gasteiger partial charge on any atom is 0.407 e. The van der Waals surface area contributed by atoms with Crippen LogP contribution in [0.15, 0.2) is 85.1 Å². The Bertz CT molecular complexity index is 3950. The second-order valence-corrected chi connectivity index (χ2v) is 26.7. The van der Waals surface area contributed by atoms with Crippen LogP contribution in [0, 0.1) is 23.6 Å². The van der Waals surface area contributed by atoms with Gasteiger partial charge in [0.1, 0.15) is 54.7 Å². The number of hydrogen-bond donors (Lipinski definition) is 8. The van der Waals surface area contributed by atoms with Crippen molar-refractivity contribution >= 4 is 74.2 Å². The predicted octanol–water partition coefficient (Wildman–Crippen LogP) is 6.46. The van der Waals surface area contributed by atoms with Gasteiger partial charge in [-0.25, -0.2) is 28.7 Å². The number of carboxylic acids is 2. The number of halogens is 1. The lowest BCUT2D eigenvalue weighted by atomic mass is 9.51. The SMILES string of the molecule is CCCC1(C)CC2(Cn3ncc(-c4ccc(N5CCc6c(F)ccc(C(=O)Nc7nc8ccccc8s7)c6C5)nc4C(=O)O)c3C)CCCC(OCCNC(=O)OCc3ccc(O[C@@H]4O[C@H](C(=O)O)[C@@H](O)[C@H](O)[C@H]4O)cc3OCCOCCNC(=O)CCN3C(=O)C=CC3=O)(C1)C2. The fraction of sp³-hybridized carbons (Fsp3) is 0.471. The van der Waals surface area contributed by atoms with Crippen LogP contribution in [-0.4, -0.2) is 181 Å². The van der Waals surface area contributed by atoms with E-state index in [-0.39, 0.29) is 106 Å². The third-order valence-corrected chi connectivity index (χ3v) is 19.6. The Balaban J connectivity index is 0.706. The predicted molar refractivity (Wildman–Crippen MR) is 347 cm³/mol. The number of aromatic carboxylic acids is 1. The number of rotatable bonds is 28. The lowest BCUT2D eigenvalue weighted by Gasteiger charge is -2.58. The minimum absolute atomic E-state index is 0.0101. The zero-order chi connectivity index (χ0) is 68.8. The molecule has 8 N–H and O–H groups in total. The van der Waals surface area contributed by atoms with Crippen molar-refractivity contribution < 1.29 is 91.9 Å². The Morgan fingerprint density at radius 3 is 2.42 bits per heavy atom. The first-order valence-corrected chi connectivity index (χ1v) is 33.1. The monoisotopic (exact) mass is 1360 g/mol. The largest absolute Gasteiger partial charge is 0.491 e. The fourth-order valence-electron chi connectivity index (χ4n) is 14.5. The van der Waals surface area contributed by atoms with Crippen molar-refractivity contribution in [1.29, 1.82) is 0 Å². The van der Waals surface area contributed by atoms with E-state index in [0.29, 0.717) is 51.9 Å². The van der Waals surface area contributed by atoms with Gasteiger partial charge in [0.2, 0.25) is 12.2 Å². The maximum atomic E-state index is 15.4. The van der Waals surface area contributed by atoms with Crippen LogP contribution < -0.4 is 30.3 Å². The topological polar surface area (TPSA) is 362 Å². The molecule has 97 heavy (non-hydrogen) atoms. The summed E-state index contributed by atoms with van der Waals surface area (Å²) in [6, 6.07) is 18.0. The van der Waals surface area contributed by atoms with E-state index in [1.807, 2.05) is 40.8 Å². The minimum atomic E-state index is -1.95. The van der Waals surface area contributed by atoms with Crippen LogP contribution in [-0.2, 0) is 64.2 Å². The quantitative estimate of drug-likeness (QED) is 0.0193. The van der Waals surface area contributed by atoms with Gasteiger partial charge in [0.25, 0.3) is 17.7 Å². The van der Waals surface area contributed by atoms with Crippen LogP contribution in [0.4, 0.5) is 20.1 Å². The number of nitrogens with one attached hydrogen (secondary N) is 3. The number of pyridine rings is 1. The molecule has 2 saturated carbocycles. The van der Waals surface area contributed by atoms with Crippen molar-refractivity contribution in [3.63, 3.8) is 0 Å². The van der Waals surface area contributed by atoms with E-state index in [2.05, 4.69) is 34.8 Å². The smallest absolute Gasteiger partial charge is 0.407 e. The Labute approximate surface area is 560 Å². The van der Waals surface area contributed by atoms with Crippen LogP contribution in [0.1, 0.15) is 115 Å². The average Bonchev–Trinajstić information content (AvgIpc) is 1.65. The molecule has 1 saturated heterocycles. The second-order valence-electron chi connectivity index (χ2n) is 25.7. The molecule has 5 aliphatic rings. The number of para-hydroxylation sites is 1. The zero-order valence-electron chi connectivity index (χ0n) is 53.8. The molecule has 3 unspecified atom stereocenters. The van der Waals surface area contributed by atoms with E-state index < -0.39 is 83.8 Å². The molecule has 3 aromatic carbocycles. The highest BCUT2D eigenvalue weighted by Gasteiger charge is 2.56. The Hall–Kier alpha value is -8.97. The van der Waals surface area contributed by atoms with Gasteiger partial charge in [-0.3, -0.25) is 34.1 Å². The molecule has 2 aliphatic carbocycles. The van der Waals surface area contributed by atoms with Gasteiger partial charge < -0.3 is 69.5 Å². The number of aliphatic hydroxyl groups excluding tert-OH is 3. The van der Waals surface area contributed by atoms with Gasteiger partial charge in [0, 0.05) is 91.9 Å². The van der Waals surface area contributed by atoms with Crippen molar-refractivity contribution in [1.82, 2.24) is 35.3 Å². The summed E-state index contributed by atoms with van der Waals surface area (Å²) in [5, 5.41) is 65.1. The molecule has 2 bridgehead atoms. The number of alkyl carbamates (subject to hydrolysis) is 1. The number of imide groups is 1. The highest BCUT2D eigenvalue weighted by molar-refractivity contribution is 7.22. The summed E-state index contributed by atoms with van der Waals surface area (Å²) >= 11 is 1.33. The lowest BCUT2D eigenvalue weighted by molar-refractivity contribution is -0.271. The molecule has 3 aromatic heterocycles. The molecule has 6 aromatic rings. The summed E-state index contributed by atoms with van der Waals surface area (Å²) in [6.45, 7) is 7.43. The second kappa shape index (κ2) is 29.8. The van der Waals surface area contributed by atoms with Crippen molar-refractivity contribution in [2.24, 2.45) is 10.8 Å². The number of thiazole rings is 1. The third kappa shape index (κ3) is 15.9. The number of aliphatic hydroxyl groups is 3. The van der Waals surface area contributed by atoms with Gasteiger partial charge in [0.15, 0.2) is 16.9 Å². The minimum Gasteiger partial charge on any atom is -0.491 e. The van der Waals surface area contributed by atoms with E-state index >= 15 is 4.39 Å². The Kier molecular flexibility index (Phi) is 21.3. The van der Waals surface area contributed by atoms with E-state index in [1.54, 1.807) is 18.3 Å². The van der Waals surface area contributed by atoms with E-state index in [0.717, 1.165) is 84.3 Å². The van der Waals surface area contributed by atoms with Crippen LogP contribution in [0.25, 0.3) is 21.3 Å². The number of aliphatic carboxylic acids is 1. The molecule has 3 aliphatic heterocycles. The zero-order valence-corrected chi connectivity index (χ0v) is 54.6. The van der Waals surface area contributed by atoms with E-state index in [1.165, 1.54) is 41.7 Å². The number of aromatic nitrogens is 4. The highest BCUT2D eigenvalue weighted by Crippen LogP contribution is 2.61. The molecule has 11 rings (SSSR count). The van der Waals surface area contributed by atoms with Gasteiger partial charge in [-0.1, -0.05) is 43.7 Å². The summed E-state index contributed by atoms with van der Waals surface area (Å²) in [6.07, 6.45) is 0.969. The molecular weight excluding hydrogens is 1280 g/mol. The number of ether oxygens (including phenoxy) is 6. The Morgan fingerprint density at radius 2 is 1.65 bits per heavy atom. The molecule has 0 radical (unpaired) electrons. The first-order chi connectivity index (χ1) is 46.5. The summed E-state index contributed by atoms with van der Waals surface area (Å²) in [5.41, 5.74) is 3.02. The third-order valence-electron chi connectivity index (χ3n) is 18.6. The van der Waals surface area contributed by atoms with Crippen molar-refractivity contribution in [2.45, 2.75) is 141 Å². The number of amides is 5. The van der Waals surface area contributed by atoms with Gasteiger partial charge in [-0.15, -0.1) is 0 Å². The summed E-state index contributed by atoms with van der Waals surface area (Å²) in [4.78, 5) is 100. The summed E-state index contributed by atoms with van der Waals surface area (Å²) in [7, 11) is 0. The van der Waals surface area contributed by atoms with Crippen molar-refractivity contribution in [3.8, 4) is 22.6 Å². The molecule has 0 spiro atoms. The maximum absolute atomic E-state index is 15.4. The van der Waals surface area contributed by atoms with Crippen LogP contribution in [0.2, 0.25) is 0 Å². The number of carboxylic acid groups (broad SMARTS) is 2. The molecule has 6 heterocycles. The number of benzene rings is 3. The lowest BCUT2D eigenvalue weighted by Crippen LogP contribution is -2.61. The first kappa shape index (κ1) is 69.4. The number of hydrogen-bond acceptors (Lipinski definition) is 21. The van der Waals surface area contributed by atoms with Crippen LogP contribution in [0.5, 0.6) is 11.5 Å². The summed E-state index contributed by atoms with van der Waals surface area (Å²) in [5.74, 6) is -4.60. The summed E-state index contributed by atoms with van der Waals surface area (Å²) < 4.78 is 53.5. The normalized spacial score (nSPS) is 23.6. The molecule has 8 atom stereocenters. The molecule has 516 valence electrons. The molecule has 5 amide bonds. The molecular formula is C68H78FN9O18S.